The lowest BCUT2D eigenvalue weighted by Crippen LogP contribution is -2.12. The van der Waals surface area contributed by atoms with Crippen LogP contribution in [0.25, 0.3) is 21.8 Å². The SMILES string of the molecule is CCOC(=O)Oc1ccc(C(=O)Nc2ccc(-c3csc(-c4ccccc4C)n3)cc2)cc1. The number of amides is 1. The Balaban J connectivity index is 1.40. The van der Waals surface area contributed by atoms with Gasteiger partial charge in [-0.25, -0.2) is 9.78 Å². The van der Waals surface area contributed by atoms with E-state index in [9.17, 15) is 9.59 Å². The molecule has 0 aliphatic carbocycles. The molecule has 1 aromatic heterocycles. The second-order valence-electron chi connectivity index (χ2n) is 7.19. The van der Waals surface area contributed by atoms with E-state index in [-0.39, 0.29) is 12.5 Å². The third kappa shape index (κ3) is 5.45. The number of anilines is 1. The van der Waals surface area contributed by atoms with Crippen LogP contribution in [0.2, 0.25) is 0 Å². The minimum Gasteiger partial charge on any atom is -0.434 e. The van der Waals surface area contributed by atoms with Crippen LogP contribution >= 0.6 is 11.3 Å². The Morgan fingerprint density at radius 2 is 1.70 bits per heavy atom. The number of aryl methyl sites for hydroxylation is 1. The molecule has 0 spiro atoms. The van der Waals surface area contributed by atoms with Gasteiger partial charge in [0.15, 0.2) is 0 Å². The first-order valence-electron chi connectivity index (χ1n) is 10.4. The Hall–Kier alpha value is -3.97. The second kappa shape index (κ2) is 10.1. The van der Waals surface area contributed by atoms with E-state index in [1.54, 1.807) is 42.5 Å². The first-order chi connectivity index (χ1) is 16.0. The number of ether oxygens (including phenoxy) is 2. The van der Waals surface area contributed by atoms with Crippen molar-refractivity contribution in [2.45, 2.75) is 13.8 Å². The predicted molar refractivity (Wildman–Crippen MR) is 130 cm³/mol. The van der Waals surface area contributed by atoms with Gasteiger partial charge in [0.05, 0.1) is 12.3 Å². The van der Waals surface area contributed by atoms with Gasteiger partial charge in [0.1, 0.15) is 10.8 Å². The summed E-state index contributed by atoms with van der Waals surface area (Å²) in [4.78, 5) is 28.7. The molecule has 0 saturated carbocycles. The van der Waals surface area contributed by atoms with Crippen molar-refractivity contribution >= 4 is 29.1 Å². The predicted octanol–water partition coefficient (Wildman–Crippen LogP) is 6.57. The maximum atomic E-state index is 12.5. The second-order valence-corrected chi connectivity index (χ2v) is 8.05. The summed E-state index contributed by atoms with van der Waals surface area (Å²) in [5, 5.41) is 5.89. The van der Waals surface area contributed by atoms with Crippen LogP contribution in [0, 0.1) is 6.92 Å². The van der Waals surface area contributed by atoms with Crippen LogP contribution < -0.4 is 10.1 Å². The van der Waals surface area contributed by atoms with E-state index in [1.807, 2.05) is 41.8 Å². The third-order valence-electron chi connectivity index (χ3n) is 4.90. The first kappa shape index (κ1) is 22.2. The highest BCUT2D eigenvalue weighted by molar-refractivity contribution is 7.13. The van der Waals surface area contributed by atoms with Gasteiger partial charge in [0.25, 0.3) is 5.91 Å². The van der Waals surface area contributed by atoms with Gasteiger partial charge < -0.3 is 14.8 Å². The molecule has 0 aliphatic heterocycles. The number of carbonyl (C=O) groups excluding carboxylic acids is 2. The first-order valence-corrected chi connectivity index (χ1v) is 11.3. The maximum absolute atomic E-state index is 12.5. The molecule has 6 nitrogen and oxygen atoms in total. The standard InChI is InChI=1S/C26H22N2O4S/c1-3-31-26(30)32-21-14-10-19(11-15-21)24(29)27-20-12-8-18(9-13-20)23-16-33-25(28-23)22-7-5-4-6-17(22)2/h4-16H,3H2,1-2H3,(H,27,29). The van der Waals surface area contributed by atoms with Crippen LogP contribution in [-0.4, -0.2) is 23.7 Å². The molecule has 3 aromatic carbocycles. The highest BCUT2D eigenvalue weighted by Crippen LogP contribution is 2.31. The quantitative estimate of drug-likeness (QED) is 0.261. The third-order valence-corrected chi connectivity index (χ3v) is 5.77. The molecule has 0 fully saturated rings. The van der Waals surface area contributed by atoms with Crippen molar-refractivity contribution in [1.29, 1.82) is 0 Å². The molecular formula is C26H22N2O4S. The van der Waals surface area contributed by atoms with Gasteiger partial charge in [0, 0.05) is 27.8 Å². The molecule has 7 heteroatoms. The summed E-state index contributed by atoms with van der Waals surface area (Å²) in [5.74, 6) is 0.0450. The molecule has 0 aliphatic rings. The molecule has 0 unspecified atom stereocenters. The Morgan fingerprint density at radius 3 is 2.39 bits per heavy atom. The van der Waals surface area contributed by atoms with Crippen molar-refractivity contribution in [3.05, 3.63) is 89.3 Å². The summed E-state index contributed by atoms with van der Waals surface area (Å²) in [7, 11) is 0. The normalized spacial score (nSPS) is 10.5. The molecule has 0 bridgehead atoms. The fraction of sp³-hybridized carbons (Fsp3) is 0.115. The van der Waals surface area contributed by atoms with Crippen molar-refractivity contribution < 1.29 is 19.1 Å². The number of rotatable bonds is 6. The lowest BCUT2D eigenvalue weighted by Gasteiger charge is -2.07. The summed E-state index contributed by atoms with van der Waals surface area (Å²) in [6, 6.07) is 22.0. The van der Waals surface area contributed by atoms with Crippen molar-refractivity contribution in [1.82, 2.24) is 4.98 Å². The van der Waals surface area contributed by atoms with Crippen molar-refractivity contribution in [3.63, 3.8) is 0 Å². The summed E-state index contributed by atoms with van der Waals surface area (Å²) in [6.45, 7) is 4.00. The van der Waals surface area contributed by atoms with Crippen LogP contribution in [0.1, 0.15) is 22.8 Å². The number of benzene rings is 3. The van der Waals surface area contributed by atoms with E-state index in [4.69, 9.17) is 14.5 Å². The minimum atomic E-state index is -0.777. The number of aromatic nitrogens is 1. The van der Waals surface area contributed by atoms with E-state index < -0.39 is 6.16 Å². The van der Waals surface area contributed by atoms with E-state index >= 15 is 0 Å². The molecule has 0 radical (unpaired) electrons. The molecule has 0 saturated heterocycles. The van der Waals surface area contributed by atoms with Gasteiger partial charge in [-0.2, -0.15) is 0 Å². The van der Waals surface area contributed by atoms with Crippen molar-refractivity contribution in [3.8, 4) is 27.6 Å². The molecule has 1 N–H and O–H groups in total. The van der Waals surface area contributed by atoms with Gasteiger partial charge in [-0.3, -0.25) is 4.79 Å². The van der Waals surface area contributed by atoms with Crippen LogP contribution in [0.5, 0.6) is 5.75 Å². The largest absolute Gasteiger partial charge is 0.513 e. The number of nitrogens with zero attached hydrogens (tertiary/aromatic N) is 1. The Bertz CT molecular complexity index is 1260. The number of nitrogens with one attached hydrogen (secondary N) is 1. The number of hydrogen-bond acceptors (Lipinski definition) is 6. The molecule has 1 heterocycles. The smallest absolute Gasteiger partial charge is 0.434 e. The minimum absolute atomic E-state index is 0.231. The average Bonchev–Trinajstić information content (AvgIpc) is 3.30. The van der Waals surface area contributed by atoms with Gasteiger partial charge in [-0.1, -0.05) is 36.4 Å². The average molecular weight is 459 g/mol. The van der Waals surface area contributed by atoms with Crippen molar-refractivity contribution in [2.24, 2.45) is 0 Å². The van der Waals surface area contributed by atoms with Gasteiger partial charge in [-0.05, 0) is 55.8 Å². The molecule has 4 rings (SSSR count). The molecular weight excluding hydrogens is 436 g/mol. The summed E-state index contributed by atoms with van der Waals surface area (Å²) in [6.07, 6.45) is -0.777. The summed E-state index contributed by atoms with van der Waals surface area (Å²) in [5.41, 5.74) is 5.31. The van der Waals surface area contributed by atoms with Gasteiger partial charge >= 0.3 is 6.16 Å². The molecule has 1 amide bonds. The van der Waals surface area contributed by atoms with E-state index in [1.165, 1.54) is 5.56 Å². The molecule has 4 aromatic rings. The number of carbonyl (C=O) groups is 2. The highest BCUT2D eigenvalue weighted by atomic mass is 32.1. The van der Waals surface area contributed by atoms with Crippen LogP contribution in [-0.2, 0) is 4.74 Å². The summed E-state index contributed by atoms with van der Waals surface area (Å²) < 4.78 is 9.73. The van der Waals surface area contributed by atoms with E-state index in [0.717, 1.165) is 21.8 Å². The lowest BCUT2D eigenvalue weighted by molar-refractivity contribution is 0.102. The zero-order chi connectivity index (χ0) is 23.2. The topological polar surface area (TPSA) is 77.5 Å². The van der Waals surface area contributed by atoms with Gasteiger partial charge in [-0.15, -0.1) is 11.3 Å². The van der Waals surface area contributed by atoms with E-state index in [0.29, 0.717) is 17.0 Å². The zero-order valence-corrected chi connectivity index (χ0v) is 19.0. The number of thiazole rings is 1. The maximum Gasteiger partial charge on any atom is 0.513 e. The monoisotopic (exact) mass is 458 g/mol. The molecule has 33 heavy (non-hydrogen) atoms. The van der Waals surface area contributed by atoms with Crippen LogP contribution in [0.15, 0.2) is 78.2 Å². The Labute approximate surface area is 195 Å². The lowest BCUT2D eigenvalue weighted by atomic mass is 10.1. The summed E-state index contributed by atoms with van der Waals surface area (Å²) >= 11 is 1.61. The fourth-order valence-corrected chi connectivity index (χ4v) is 4.11. The highest BCUT2D eigenvalue weighted by Gasteiger charge is 2.11. The van der Waals surface area contributed by atoms with Crippen LogP contribution in [0.4, 0.5) is 10.5 Å². The zero-order valence-electron chi connectivity index (χ0n) is 18.2. The Kier molecular flexibility index (Phi) is 6.80. The Morgan fingerprint density at radius 1 is 0.970 bits per heavy atom. The van der Waals surface area contributed by atoms with E-state index in [2.05, 4.69) is 24.4 Å². The fourth-order valence-electron chi connectivity index (χ4n) is 3.19. The molecule has 0 atom stereocenters. The van der Waals surface area contributed by atoms with Gasteiger partial charge in [0.2, 0.25) is 0 Å². The molecule has 166 valence electrons. The number of hydrogen-bond donors (Lipinski definition) is 1. The van der Waals surface area contributed by atoms with Crippen LogP contribution in [0.3, 0.4) is 0 Å². The van der Waals surface area contributed by atoms with Crippen molar-refractivity contribution in [2.75, 3.05) is 11.9 Å².